The van der Waals surface area contributed by atoms with Crippen LogP contribution in [0, 0.1) is 5.41 Å². The van der Waals surface area contributed by atoms with Gasteiger partial charge in [-0.2, -0.15) is 0 Å². The highest BCUT2D eigenvalue weighted by molar-refractivity contribution is 5.82. The molecular weight excluding hydrogens is 302 g/mol. The van der Waals surface area contributed by atoms with Crippen molar-refractivity contribution in [2.45, 2.75) is 39.7 Å². The van der Waals surface area contributed by atoms with Gasteiger partial charge in [0.15, 0.2) is 5.96 Å². The van der Waals surface area contributed by atoms with Crippen LogP contribution in [0.15, 0.2) is 23.2 Å². The van der Waals surface area contributed by atoms with E-state index in [9.17, 15) is 0 Å². The average molecular weight is 333 g/mol. The van der Waals surface area contributed by atoms with Crippen molar-refractivity contribution in [1.29, 1.82) is 0 Å². The second-order valence-corrected chi connectivity index (χ2v) is 7.43. The van der Waals surface area contributed by atoms with Crippen LogP contribution in [0.3, 0.4) is 0 Å². The monoisotopic (exact) mass is 333 g/mol. The van der Waals surface area contributed by atoms with Gasteiger partial charge in [-0.05, 0) is 44.0 Å². The van der Waals surface area contributed by atoms with E-state index in [0.717, 1.165) is 42.5 Å². The molecule has 5 nitrogen and oxygen atoms in total. The van der Waals surface area contributed by atoms with Crippen LogP contribution in [-0.2, 0) is 6.42 Å². The number of ether oxygens (including phenoxy) is 2. The summed E-state index contributed by atoms with van der Waals surface area (Å²) in [6, 6.07) is 5.89. The number of rotatable bonds is 5. The highest BCUT2D eigenvalue weighted by Crippen LogP contribution is 2.46. The molecule has 0 saturated carbocycles. The lowest BCUT2D eigenvalue weighted by Crippen LogP contribution is -2.72. The third-order valence-corrected chi connectivity index (χ3v) is 5.52. The summed E-state index contributed by atoms with van der Waals surface area (Å²) in [6.07, 6.45) is 0.844. The molecule has 1 fully saturated rings. The molecule has 1 N–H and O–H groups in total. The maximum absolute atomic E-state index is 5.44. The Labute approximate surface area is 146 Å². The van der Waals surface area contributed by atoms with Crippen LogP contribution >= 0.6 is 0 Å². The Morgan fingerprint density at radius 3 is 2.42 bits per heavy atom. The molecule has 0 aromatic heterocycles. The number of hydrogen-bond acceptors (Lipinski definition) is 3. The molecule has 0 spiro atoms. The number of likely N-dealkylation sites (tertiary alicyclic amines) is 1. The lowest BCUT2D eigenvalue weighted by molar-refractivity contribution is -0.0666. The molecule has 1 heterocycles. The highest BCUT2D eigenvalue weighted by atomic mass is 16.5. The number of methoxy groups -OCH3 is 2. The summed E-state index contributed by atoms with van der Waals surface area (Å²) in [4.78, 5) is 6.80. The second kappa shape index (κ2) is 6.91. The van der Waals surface area contributed by atoms with Gasteiger partial charge in [0, 0.05) is 31.1 Å². The van der Waals surface area contributed by atoms with Gasteiger partial charge in [-0.25, -0.2) is 0 Å². The third kappa shape index (κ3) is 3.30. The van der Waals surface area contributed by atoms with Gasteiger partial charge in [-0.3, -0.25) is 4.99 Å². The predicted octanol–water partition coefficient (Wildman–Crippen LogP) is 2.94. The van der Waals surface area contributed by atoms with Crippen molar-refractivity contribution in [1.82, 2.24) is 10.2 Å². The van der Waals surface area contributed by atoms with E-state index in [1.165, 1.54) is 0 Å². The molecule has 1 aliphatic rings. The zero-order valence-electron chi connectivity index (χ0n) is 16.1. The van der Waals surface area contributed by atoms with Crippen molar-refractivity contribution in [2.24, 2.45) is 10.4 Å². The van der Waals surface area contributed by atoms with E-state index >= 15 is 0 Å². The van der Waals surface area contributed by atoms with Gasteiger partial charge in [0.25, 0.3) is 0 Å². The molecule has 5 heteroatoms. The van der Waals surface area contributed by atoms with Crippen LogP contribution in [0.4, 0.5) is 0 Å². The topological polar surface area (TPSA) is 46.1 Å². The Morgan fingerprint density at radius 1 is 1.21 bits per heavy atom. The van der Waals surface area contributed by atoms with E-state index in [1.807, 2.05) is 25.2 Å². The normalized spacial score (nSPS) is 18.8. The first kappa shape index (κ1) is 18.4. The maximum atomic E-state index is 5.44. The van der Waals surface area contributed by atoms with Crippen LogP contribution in [-0.4, -0.2) is 50.8 Å². The first-order valence-corrected chi connectivity index (χ1v) is 8.46. The largest absolute Gasteiger partial charge is 0.497 e. The van der Waals surface area contributed by atoms with Crippen LogP contribution in [0.2, 0.25) is 0 Å². The van der Waals surface area contributed by atoms with Gasteiger partial charge in [0.2, 0.25) is 0 Å². The molecule has 0 atom stereocenters. The summed E-state index contributed by atoms with van der Waals surface area (Å²) < 4.78 is 10.8. The molecule has 134 valence electrons. The standard InChI is InChI=1S/C19H31N3O2/c1-18(2)13-22(19(18,3)4)17(20-5)21-11-10-14-12-15(23-6)8-9-16(14)24-7/h8-9,12H,10-11,13H2,1-7H3,(H,20,21). The highest BCUT2D eigenvalue weighted by Gasteiger charge is 2.53. The lowest BCUT2D eigenvalue weighted by atomic mass is 9.65. The fourth-order valence-electron chi connectivity index (χ4n) is 3.08. The number of nitrogens with one attached hydrogen (secondary N) is 1. The van der Waals surface area contributed by atoms with Gasteiger partial charge < -0.3 is 19.7 Å². The van der Waals surface area contributed by atoms with Crippen LogP contribution in [0.5, 0.6) is 11.5 Å². The van der Waals surface area contributed by atoms with E-state index in [0.29, 0.717) is 5.41 Å². The Morgan fingerprint density at radius 2 is 1.92 bits per heavy atom. The molecule has 1 aliphatic heterocycles. The zero-order chi connectivity index (χ0) is 18.0. The smallest absolute Gasteiger partial charge is 0.194 e. The van der Waals surface area contributed by atoms with Crippen LogP contribution < -0.4 is 14.8 Å². The quantitative estimate of drug-likeness (QED) is 0.665. The number of aliphatic imine (C=N–C) groups is 1. The van der Waals surface area contributed by atoms with Gasteiger partial charge in [-0.1, -0.05) is 13.8 Å². The van der Waals surface area contributed by atoms with E-state index < -0.39 is 0 Å². The van der Waals surface area contributed by atoms with Gasteiger partial charge >= 0.3 is 0 Å². The summed E-state index contributed by atoms with van der Waals surface area (Å²) in [5.41, 5.74) is 1.52. The van der Waals surface area contributed by atoms with E-state index in [-0.39, 0.29) is 5.54 Å². The number of benzene rings is 1. The minimum atomic E-state index is 0.0997. The van der Waals surface area contributed by atoms with Crippen molar-refractivity contribution in [3.63, 3.8) is 0 Å². The minimum Gasteiger partial charge on any atom is -0.497 e. The number of hydrogen-bond donors (Lipinski definition) is 1. The molecule has 1 aromatic carbocycles. The van der Waals surface area contributed by atoms with Gasteiger partial charge in [-0.15, -0.1) is 0 Å². The van der Waals surface area contributed by atoms with Crippen molar-refractivity contribution < 1.29 is 9.47 Å². The SMILES string of the molecule is CN=C(NCCc1cc(OC)ccc1OC)N1CC(C)(C)C1(C)C. The Kier molecular flexibility index (Phi) is 5.31. The maximum Gasteiger partial charge on any atom is 0.194 e. The van der Waals surface area contributed by atoms with E-state index in [2.05, 4.69) is 42.9 Å². The summed E-state index contributed by atoms with van der Waals surface area (Å²) in [5, 5.41) is 3.48. The van der Waals surface area contributed by atoms with Crippen LogP contribution in [0.25, 0.3) is 0 Å². The minimum absolute atomic E-state index is 0.0997. The predicted molar refractivity (Wildman–Crippen MR) is 99.2 cm³/mol. The fourth-order valence-corrected chi connectivity index (χ4v) is 3.08. The molecule has 0 unspecified atom stereocenters. The molecule has 0 radical (unpaired) electrons. The molecule has 1 saturated heterocycles. The van der Waals surface area contributed by atoms with Gasteiger partial charge in [0.1, 0.15) is 11.5 Å². The Bertz CT molecular complexity index is 609. The number of guanidine groups is 1. The summed E-state index contributed by atoms with van der Waals surface area (Å²) >= 11 is 0. The Balaban J connectivity index is 1.99. The number of nitrogens with zero attached hydrogens (tertiary/aromatic N) is 2. The first-order chi connectivity index (χ1) is 11.3. The van der Waals surface area contributed by atoms with E-state index in [4.69, 9.17) is 9.47 Å². The summed E-state index contributed by atoms with van der Waals surface area (Å²) in [7, 11) is 5.22. The summed E-state index contributed by atoms with van der Waals surface area (Å²) in [6.45, 7) is 11.0. The lowest BCUT2D eigenvalue weighted by Gasteiger charge is -2.62. The van der Waals surface area contributed by atoms with Crippen molar-refractivity contribution >= 4 is 5.96 Å². The zero-order valence-corrected chi connectivity index (χ0v) is 16.1. The first-order valence-electron chi connectivity index (χ1n) is 8.46. The van der Waals surface area contributed by atoms with E-state index in [1.54, 1.807) is 14.2 Å². The molecule has 2 rings (SSSR count). The van der Waals surface area contributed by atoms with Crippen LogP contribution in [0.1, 0.15) is 33.3 Å². The molecule has 0 aliphatic carbocycles. The van der Waals surface area contributed by atoms with Crippen molar-refractivity contribution in [2.75, 3.05) is 34.4 Å². The van der Waals surface area contributed by atoms with Crippen molar-refractivity contribution in [3.05, 3.63) is 23.8 Å². The molecule has 0 bridgehead atoms. The van der Waals surface area contributed by atoms with Gasteiger partial charge in [0.05, 0.1) is 14.2 Å². The van der Waals surface area contributed by atoms with Crippen molar-refractivity contribution in [3.8, 4) is 11.5 Å². The molecule has 1 aromatic rings. The molecule has 24 heavy (non-hydrogen) atoms. The third-order valence-electron chi connectivity index (χ3n) is 5.52. The second-order valence-electron chi connectivity index (χ2n) is 7.43. The average Bonchev–Trinajstić information content (AvgIpc) is 2.57. The summed E-state index contributed by atoms with van der Waals surface area (Å²) in [5.74, 6) is 2.69. The fraction of sp³-hybridized carbons (Fsp3) is 0.632. The molecular formula is C19H31N3O2. The Hall–Kier alpha value is -1.91. The molecule has 0 amide bonds.